The van der Waals surface area contributed by atoms with Crippen LogP contribution in [0.15, 0.2) is 24.3 Å². The predicted octanol–water partition coefficient (Wildman–Crippen LogP) is 2.47. The van der Waals surface area contributed by atoms with Crippen molar-refractivity contribution in [3.8, 4) is 0 Å². The van der Waals surface area contributed by atoms with Gasteiger partial charge >= 0.3 is 0 Å². The van der Waals surface area contributed by atoms with E-state index in [4.69, 9.17) is 5.73 Å². The Hall–Kier alpha value is -0.950. The highest BCUT2D eigenvalue weighted by molar-refractivity contribution is 7.64. The topological polar surface area (TPSA) is 46.3 Å². The van der Waals surface area contributed by atoms with Gasteiger partial charge in [-0.3, -0.25) is 0 Å². The number of hydrogen-bond donors (Lipinski definition) is 1. The van der Waals surface area contributed by atoms with Crippen molar-refractivity contribution in [1.82, 2.24) is 0 Å². The van der Waals surface area contributed by atoms with Crippen molar-refractivity contribution in [3.63, 3.8) is 0 Å². The van der Waals surface area contributed by atoms with Crippen LogP contribution in [0.5, 0.6) is 0 Å². The zero-order valence-electron chi connectivity index (χ0n) is 9.72. The van der Waals surface area contributed by atoms with E-state index in [-0.39, 0.29) is 0 Å². The molecular formula is C12H19N2OP. The molecule has 0 unspecified atom stereocenters. The second-order valence-corrected chi connectivity index (χ2v) is 8.04. The maximum absolute atomic E-state index is 12.2. The zero-order chi connectivity index (χ0) is 11.6. The molecule has 1 heterocycles. The molecule has 0 aliphatic carbocycles. The lowest BCUT2D eigenvalue weighted by Crippen LogP contribution is -2.35. The quantitative estimate of drug-likeness (QED) is 0.636. The molecule has 0 bridgehead atoms. The lowest BCUT2D eigenvalue weighted by molar-refractivity contribution is 0.569. The van der Waals surface area contributed by atoms with Crippen LogP contribution in [0.2, 0.25) is 0 Å². The van der Waals surface area contributed by atoms with E-state index in [0.717, 1.165) is 37.3 Å². The molecule has 1 fully saturated rings. The molecule has 0 spiro atoms. The molecule has 2 rings (SSSR count). The summed E-state index contributed by atoms with van der Waals surface area (Å²) >= 11 is 0. The molecule has 16 heavy (non-hydrogen) atoms. The van der Waals surface area contributed by atoms with Gasteiger partial charge in [-0.25, -0.2) is 0 Å². The molecule has 3 nitrogen and oxygen atoms in total. The van der Waals surface area contributed by atoms with Crippen molar-refractivity contribution in [2.24, 2.45) is 0 Å². The smallest absolute Gasteiger partial charge is 0.0909 e. The van der Waals surface area contributed by atoms with Gasteiger partial charge in [0.25, 0.3) is 0 Å². The fourth-order valence-electron chi connectivity index (χ4n) is 2.09. The first-order valence-electron chi connectivity index (χ1n) is 5.80. The van der Waals surface area contributed by atoms with Crippen LogP contribution in [0.1, 0.15) is 6.92 Å². The number of anilines is 2. The predicted molar refractivity (Wildman–Crippen MR) is 70.9 cm³/mol. The highest BCUT2D eigenvalue weighted by Crippen LogP contribution is 2.47. The normalized spacial score (nSPS) is 19.7. The largest absolute Gasteiger partial charge is 0.399 e. The molecule has 0 amide bonds. The maximum atomic E-state index is 12.2. The fourth-order valence-corrected chi connectivity index (χ4v) is 4.16. The van der Waals surface area contributed by atoms with Gasteiger partial charge in [-0.1, -0.05) is 6.92 Å². The first-order chi connectivity index (χ1) is 7.63. The standard InChI is InChI=1S/C12H19N2OP/c1-2-16(15)9-7-14(8-10-16)12-5-3-11(13)4-6-12/h3-6H,2,7-10,13H2,1H3. The van der Waals surface area contributed by atoms with Crippen LogP contribution in [0.4, 0.5) is 11.4 Å². The summed E-state index contributed by atoms with van der Waals surface area (Å²) in [5.41, 5.74) is 7.64. The Balaban J connectivity index is 2.04. The summed E-state index contributed by atoms with van der Waals surface area (Å²) in [6, 6.07) is 7.92. The number of nitrogens with two attached hydrogens (primary N) is 1. The average Bonchev–Trinajstić information content (AvgIpc) is 2.32. The van der Waals surface area contributed by atoms with E-state index >= 15 is 0 Å². The van der Waals surface area contributed by atoms with Crippen LogP contribution in [0.3, 0.4) is 0 Å². The van der Waals surface area contributed by atoms with Gasteiger partial charge in [0.15, 0.2) is 0 Å². The lowest BCUT2D eigenvalue weighted by atomic mass is 10.2. The van der Waals surface area contributed by atoms with E-state index in [1.807, 2.05) is 31.2 Å². The summed E-state index contributed by atoms with van der Waals surface area (Å²) in [6.45, 7) is 3.86. The van der Waals surface area contributed by atoms with Gasteiger partial charge in [-0.2, -0.15) is 0 Å². The SMILES string of the molecule is CCP1(=O)CCN(c2ccc(N)cc2)CC1. The molecule has 1 aliphatic rings. The molecule has 2 N–H and O–H groups in total. The van der Waals surface area contributed by atoms with Crippen LogP contribution in [-0.4, -0.2) is 31.6 Å². The van der Waals surface area contributed by atoms with Gasteiger partial charge in [0.05, 0.1) is 7.14 Å². The molecular weight excluding hydrogens is 219 g/mol. The number of benzene rings is 1. The number of hydrogen-bond acceptors (Lipinski definition) is 3. The lowest BCUT2D eigenvalue weighted by Gasteiger charge is -2.33. The Bertz CT molecular complexity index is 390. The van der Waals surface area contributed by atoms with Crippen molar-refractivity contribution in [2.75, 3.05) is 42.2 Å². The monoisotopic (exact) mass is 238 g/mol. The summed E-state index contributed by atoms with van der Waals surface area (Å²) in [6.07, 6.45) is 2.56. The molecule has 1 aromatic carbocycles. The van der Waals surface area contributed by atoms with Crippen molar-refractivity contribution < 1.29 is 4.57 Å². The van der Waals surface area contributed by atoms with Crippen LogP contribution in [0.25, 0.3) is 0 Å². The Morgan fingerprint density at radius 1 is 1.25 bits per heavy atom. The van der Waals surface area contributed by atoms with E-state index in [0.29, 0.717) is 0 Å². The van der Waals surface area contributed by atoms with Crippen molar-refractivity contribution in [1.29, 1.82) is 0 Å². The maximum Gasteiger partial charge on any atom is 0.0909 e. The first kappa shape index (κ1) is 11.5. The summed E-state index contributed by atoms with van der Waals surface area (Å²) in [5, 5.41) is 0. The van der Waals surface area contributed by atoms with E-state index in [2.05, 4.69) is 4.90 Å². The Kier molecular flexibility index (Phi) is 3.25. The highest BCUT2D eigenvalue weighted by atomic mass is 31.2. The average molecular weight is 238 g/mol. The van der Waals surface area contributed by atoms with Gasteiger partial charge in [0, 0.05) is 36.8 Å². The summed E-state index contributed by atoms with van der Waals surface area (Å²) in [7, 11) is -1.83. The Morgan fingerprint density at radius 3 is 2.31 bits per heavy atom. The molecule has 1 aliphatic heterocycles. The van der Waals surface area contributed by atoms with E-state index < -0.39 is 7.14 Å². The number of rotatable bonds is 2. The third-order valence-corrected chi connectivity index (χ3v) is 6.57. The third kappa shape index (κ3) is 2.41. The van der Waals surface area contributed by atoms with E-state index in [9.17, 15) is 4.57 Å². The minimum atomic E-state index is -1.83. The van der Waals surface area contributed by atoms with Gasteiger partial charge < -0.3 is 15.2 Å². The summed E-state index contributed by atoms with van der Waals surface area (Å²) in [4.78, 5) is 2.30. The molecule has 0 aromatic heterocycles. The van der Waals surface area contributed by atoms with Gasteiger partial charge in [-0.05, 0) is 30.4 Å². The van der Waals surface area contributed by atoms with Crippen LogP contribution in [-0.2, 0) is 4.57 Å². The Labute approximate surface area is 97.0 Å². The summed E-state index contributed by atoms with van der Waals surface area (Å²) in [5.74, 6) is 0. The molecule has 0 radical (unpaired) electrons. The Morgan fingerprint density at radius 2 is 1.81 bits per heavy atom. The zero-order valence-corrected chi connectivity index (χ0v) is 10.6. The number of nitrogen functional groups attached to an aromatic ring is 1. The first-order valence-corrected chi connectivity index (χ1v) is 8.07. The van der Waals surface area contributed by atoms with Crippen molar-refractivity contribution in [3.05, 3.63) is 24.3 Å². The van der Waals surface area contributed by atoms with Crippen LogP contribution < -0.4 is 10.6 Å². The van der Waals surface area contributed by atoms with E-state index in [1.54, 1.807) is 0 Å². The van der Waals surface area contributed by atoms with Gasteiger partial charge in [0.2, 0.25) is 0 Å². The van der Waals surface area contributed by atoms with Crippen molar-refractivity contribution in [2.45, 2.75) is 6.92 Å². The molecule has 1 aromatic rings. The molecule has 4 heteroatoms. The third-order valence-electron chi connectivity index (χ3n) is 3.39. The van der Waals surface area contributed by atoms with Crippen LogP contribution >= 0.6 is 7.14 Å². The number of nitrogens with zero attached hydrogens (tertiary/aromatic N) is 1. The minimum Gasteiger partial charge on any atom is -0.399 e. The van der Waals surface area contributed by atoms with Crippen LogP contribution in [0, 0.1) is 0 Å². The summed E-state index contributed by atoms with van der Waals surface area (Å²) < 4.78 is 12.2. The molecule has 1 saturated heterocycles. The van der Waals surface area contributed by atoms with Gasteiger partial charge in [0.1, 0.15) is 0 Å². The molecule has 0 saturated carbocycles. The second-order valence-electron chi connectivity index (χ2n) is 4.40. The second kappa shape index (κ2) is 4.50. The fraction of sp³-hybridized carbons (Fsp3) is 0.500. The van der Waals surface area contributed by atoms with E-state index in [1.165, 1.54) is 5.69 Å². The molecule has 0 atom stereocenters. The molecule has 88 valence electrons. The van der Waals surface area contributed by atoms with Crippen molar-refractivity contribution >= 4 is 18.5 Å². The van der Waals surface area contributed by atoms with Gasteiger partial charge in [-0.15, -0.1) is 0 Å². The highest BCUT2D eigenvalue weighted by Gasteiger charge is 2.26. The minimum absolute atomic E-state index is 0.792.